The summed E-state index contributed by atoms with van der Waals surface area (Å²) in [6.45, 7) is 0. The molecule has 1 aromatic carbocycles. The first kappa shape index (κ1) is 15.4. The third-order valence-corrected chi connectivity index (χ3v) is 2.35. The minimum atomic E-state index is -4.81. The molecule has 0 bridgehead atoms. The Labute approximate surface area is 119 Å². The van der Waals surface area contributed by atoms with E-state index in [0.29, 0.717) is 0 Å². The van der Waals surface area contributed by atoms with Gasteiger partial charge in [-0.2, -0.15) is 0 Å². The number of aromatic nitrogens is 2. The zero-order valence-corrected chi connectivity index (χ0v) is 10.7. The summed E-state index contributed by atoms with van der Waals surface area (Å²) in [6.07, 6.45) is -4.81. The first-order valence-electron chi connectivity index (χ1n) is 5.74. The average Bonchev–Trinajstić information content (AvgIpc) is 2.38. The van der Waals surface area contributed by atoms with Gasteiger partial charge in [0.2, 0.25) is 0 Å². The lowest BCUT2D eigenvalue weighted by molar-refractivity contribution is -0.274. The number of hydrogen-bond donors (Lipinski definition) is 3. The smallest absolute Gasteiger partial charge is 0.406 e. The number of amides is 1. The van der Waals surface area contributed by atoms with Crippen LogP contribution in [0.5, 0.6) is 5.75 Å². The molecule has 2 rings (SSSR count). The van der Waals surface area contributed by atoms with Crippen LogP contribution in [0.25, 0.3) is 0 Å². The Morgan fingerprint density at radius 1 is 1.09 bits per heavy atom. The Bertz CT molecular complexity index is 764. The van der Waals surface area contributed by atoms with Crippen molar-refractivity contribution in [2.75, 3.05) is 5.32 Å². The normalized spacial score (nSPS) is 11.0. The van der Waals surface area contributed by atoms with Crippen LogP contribution < -0.4 is 21.3 Å². The molecule has 0 saturated carbocycles. The number of H-pyrrole nitrogens is 2. The van der Waals surface area contributed by atoms with Gasteiger partial charge in [0, 0.05) is 11.8 Å². The van der Waals surface area contributed by atoms with E-state index in [-0.39, 0.29) is 11.4 Å². The van der Waals surface area contributed by atoms with E-state index in [1.54, 1.807) is 0 Å². The maximum atomic E-state index is 12.0. The van der Waals surface area contributed by atoms with Gasteiger partial charge in [0.1, 0.15) is 11.4 Å². The Kier molecular flexibility index (Phi) is 4.02. The van der Waals surface area contributed by atoms with E-state index in [9.17, 15) is 27.6 Å². The van der Waals surface area contributed by atoms with Crippen molar-refractivity contribution in [2.24, 2.45) is 0 Å². The second-order valence-electron chi connectivity index (χ2n) is 4.03. The monoisotopic (exact) mass is 315 g/mol. The Hall–Kier alpha value is -3.04. The fourth-order valence-electron chi connectivity index (χ4n) is 1.53. The first-order chi connectivity index (χ1) is 10.2. The van der Waals surface area contributed by atoms with Crippen molar-refractivity contribution in [1.82, 2.24) is 9.97 Å². The molecular weight excluding hydrogens is 307 g/mol. The third-order valence-electron chi connectivity index (χ3n) is 2.35. The highest BCUT2D eigenvalue weighted by molar-refractivity contribution is 6.02. The number of carbonyl (C=O) groups is 1. The van der Waals surface area contributed by atoms with Gasteiger partial charge in [-0.25, -0.2) is 4.79 Å². The summed E-state index contributed by atoms with van der Waals surface area (Å²) in [7, 11) is 0. The van der Waals surface area contributed by atoms with Gasteiger partial charge in [-0.05, 0) is 24.3 Å². The Morgan fingerprint density at radius 3 is 2.27 bits per heavy atom. The van der Waals surface area contributed by atoms with Crippen molar-refractivity contribution in [3.8, 4) is 5.75 Å². The van der Waals surface area contributed by atoms with Crippen molar-refractivity contribution in [1.29, 1.82) is 0 Å². The summed E-state index contributed by atoms with van der Waals surface area (Å²) in [6, 6.07) is 5.22. The van der Waals surface area contributed by atoms with Crippen LogP contribution in [0.1, 0.15) is 10.5 Å². The Balaban J connectivity index is 2.12. The molecule has 0 aliphatic rings. The van der Waals surface area contributed by atoms with E-state index >= 15 is 0 Å². The summed E-state index contributed by atoms with van der Waals surface area (Å²) >= 11 is 0. The number of benzene rings is 1. The standard InChI is InChI=1S/C12H8F3N3O4/c13-12(14,15)22-7-3-1-6(2-4-7)16-10(20)8-5-9(19)18-11(21)17-8/h1-5H,(H,16,20)(H2,17,18,19,21). The van der Waals surface area contributed by atoms with Crippen LogP contribution in [-0.4, -0.2) is 22.2 Å². The minimum Gasteiger partial charge on any atom is -0.406 e. The summed E-state index contributed by atoms with van der Waals surface area (Å²) in [5.74, 6) is -1.25. The third kappa shape index (κ3) is 4.23. The number of hydrogen-bond acceptors (Lipinski definition) is 4. The average molecular weight is 315 g/mol. The molecule has 1 heterocycles. The molecule has 2 aromatic rings. The molecule has 0 radical (unpaired) electrons. The number of aromatic amines is 2. The highest BCUT2D eigenvalue weighted by Crippen LogP contribution is 2.23. The van der Waals surface area contributed by atoms with Crippen LogP contribution in [0.3, 0.4) is 0 Å². The number of rotatable bonds is 3. The number of ether oxygens (including phenoxy) is 1. The number of carbonyl (C=O) groups excluding carboxylic acids is 1. The molecule has 0 unspecified atom stereocenters. The number of anilines is 1. The predicted molar refractivity (Wildman–Crippen MR) is 68.8 cm³/mol. The van der Waals surface area contributed by atoms with Gasteiger partial charge in [0.25, 0.3) is 11.5 Å². The number of halogens is 3. The fraction of sp³-hybridized carbons (Fsp3) is 0.0833. The van der Waals surface area contributed by atoms with Crippen LogP contribution in [0.15, 0.2) is 39.9 Å². The lowest BCUT2D eigenvalue weighted by Crippen LogP contribution is -2.27. The van der Waals surface area contributed by atoms with Crippen LogP contribution >= 0.6 is 0 Å². The van der Waals surface area contributed by atoms with E-state index in [2.05, 4.69) is 15.0 Å². The maximum Gasteiger partial charge on any atom is 0.573 e. The molecule has 0 spiro atoms. The molecule has 0 saturated heterocycles. The lowest BCUT2D eigenvalue weighted by atomic mass is 10.3. The van der Waals surface area contributed by atoms with Crippen LogP contribution in [0, 0.1) is 0 Å². The minimum absolute atomic E-state index is 0.153. The SMILES string of the molecule is O=C(Nc1ccc(OC(F)(F)F)cc1)c1cc(=O)[nH]c(=O)[nH]1. The van der Waals surface area contributed by atoms with Crippen molar-refractivity contribution >= 4 is 11.6 Å². The number of nitrogens with one attached hydrogen (secondary N) is 3. The van der Waals surface area contributed by atoms with E-state index in [0.717, 1.165) is 18.2 Å². The topological polar surface area (TPSA) is 104 Å². The molecule has 1 aromatic heterocycles. The summed E-state index contributed by atoms with van der Waals surface area (Å²) < 4.78 is 39.6. The van der Waals surface area contributed by atoms with Gasteiger partial charge in [-0.1, -0.05) is 0 Å². The van der Waals surface area contributed by atoms with Gasteiger partial charge in [0.15, 0.2) is 0 Å². The van der Waals surface area contributed by atoms with Crippen molar-refractivity contribution < 1.29 is 22.7 Å². The molecule has 1 amide bonds. The van der Waals surface area contributed by atoms with Gasteiger partial charge in [0.05, 0.1) is 0 Å². The molecule has 3 N–H and O–H groups in total. The van der Waals surface area contributed by atoms with Crippen molar-refractivity contribution in [3.63, 3.8) is 0 Å². The molecule has 0 aliphatic carbocycles. The molecular formula is C12H8F3N3O4. The summed E-state index contributed by atoms with van der Waals surface area (Å²) in [5, 5.41) is 2.30. The first-order valence-corrected chi connectivity index (χ1v) is 5.74. The zero-order chi connectivity index (χ0) is 16.3. The van der Waals surface area contributed by atoms with Crippen molar-refractivity contribution in [2.45, 2.75) is 6.36 Å². The molecule has 0 atom stereocenters. The largest absolute Gasteiger partial charge is 0.573 e. The van der Waals surface area contributed by atoms with Gasteiger partial charge in [-0.15, -0.1) is 13.2 Å². The zero-order valence-electron chi connectivity index (χ0n) is 10.7. The maximum absolute atomic E-state index is 12.0. The molecule has 0 fully saturated rings. The van der Waals surface area contributed by atoms with Gasteiger partial charge >= 0.3 is 12.1 Å². The van der Waals surface area contributed by atoms with Gasteiger partial charge in [-0.3, -0.25) is 14.6 Å². The Morgan fingerprint density at radius 2 is 1.73 bits per heavy atom. The van der Waals surface area contributed by atoms with Crippen LogP contribution in [0.4, 0.5) is 18.9 Å². The molecule has 22 heavy (non-hydrogen) atoms. The fourth-order valence-corrected chi connectivity index (χ4v) is 1.53. The molecule has 0 aliphatic heterocycles. The number of alkyl halides is 3. The quantitative estimate of drug-likeness (QED) is 0.792. The van der Waals surface area contributed by atoms with Crippen LogP contribution in [0.2, 0.25) is 0 Å². The second kappa shape index (κ2) is 5.76. The molecule has 116 valence electrons. The lowest BCUT2D eigenvalue weighted by Gasteiger charge is -2.09. The predicted octanol–water partition coefficient (Wildman–Crippen LogP) is 1.21. The van der Waals surface area contributed by atoms with E-state index in [4.69, 9.17) is 0 Å². The van der Waals surface area contributed by atoms with Crippen LogP contribution in [-0.2, 0) is 0 Å². The molecule has 10 heteroatoms. The molecule has 7 nitrogen and oxygen atoms in total. The van der Waals surface area contributed by atoms with Gasteiger partial charge < -0.3 is 15.0 Å². The van der Waals surface area contributed by atoms with E-state index in [1.165, 1.54) is 12.1 Å². The second-order valence-corrected chi connectivity index (χ2v) is 4.03. The summed E-state index contributed by atoms with van der Waals surface area (Å²) in [5.41, 5.74) is -1.75. The summed E-state index contributed by atoms with van der Waals surface area (Å²) in [4.78, 5) is 37.9. The highest BCUT2D eigenvalue weighted by atomic mass is 19.4. The van der Waals surface area contributed by atoms with E-state index < -0.39 is 29.3 Å². The van der Waals surface area contributed by atoms with Crippen molar-refractivity contribution in [3.05, 3.63) is 56.9 Å². The van der Waals surface area contributed by atoms with E-state index in [1.807, 2.05) is 4.98 Å². The highest BCUT2D eigenvalue weighted by Gasteiger charge is 2.30.